The van der Waals surface area contributed by atoms with Crippen molar-refractivity contribution in [2.75, 3.05) is 32.4 Å². The summed E-state index contributed by atoms with van der Waals surface area (Å²) >= 11 is 0.945. The summed E-state index contributed by atoms with van der Waals surface area (Å²) in [4.78, 5) is 11.7. The van der Waals surface area contributed by atoms with E-state index < -0.39 is 9.84 Å². The van der Waals surface area contributed by atoms with Gasteiger partial charge >= 0.3 is 0 Å². The third-order valence-corrected chi connectivity index (χ3v) is 4.79. The van der Waals surface area contributed by atoms with Gasteiger partial charge in [0.05, 0.1) is 29.7 Å². The summed E-state index contributed by atoms with van der Waals surface area (Å²) in [5, 5.41) is 0. The molecule has 0 spiro atoms. The van der Waals surface area contributed by atoms with Gasteiger partial charge in [0.2, 0.25) is 0 Å². The number of benzene rings is 1. The molecule has 0 atom stereocenters. The summed E-state index contributed by atoms with van der Waals surface area (Å²) in [6, 6.07) is 8.73. The molecule has 23 heavy (non-hydrogen) atoms. The Morgan fingerprint density at radius 3 is 2.52 bits per heavy atom. The Balaban J connectivity index is 2.54. The third kappa shape index (κ3) is 4.68. The minimum atomic E-state index is -3.36. The molecule has 2 rings (SSSR count). The molecule has 0 radical (unpaired) electrons. The highest BCUT2D eigenvalue weighted by Crippen LogP contribution is 2.30. The summed E-state index contributed by atoms with van der Waals surface area (Å²) in [5.41, 5.74) is 2.35. The average molecular weight is 354 g/mol. The summed E-state index contributed by atoms with van der Waals surface area (Å²) in [6.07, 6.45) is 2.86. The van der Waals surface area contributed by atoms with E-state index >= 15 is 0 Å². The van der Waals surface area contributed by atoms with Crippen LogP contribution < -0.4 is 4.90 Å². The van der Waals surface area contributed by atoms with Crippen LogP contribution in [0.5, 0.6) is 0 Å². The molecule has 0 aliphatic heterocycles. The molecular weight excluding hydrogens is 336 g/mol. The maximum Gasteiger partial charge on any atom is 0.175 e. The van der Waals surface area contributed by atoms with Gasteiger partial charge in [-0.05, 0) is 30.3 Å². The molecule has 0 fully saturated rings. The molecule has 8 heteroatoms. The molecule has 1 heterocycles. The van der Waals surface area contributed by atoms with Crippen LogP contribution in [0, 0.1) is 0 Å². The van der Waals surface area contributed by atoms with E-state index in [0.29, 0.717) is 16.2 Å². The lowest BCUT2D eigenvalue weighted by Gasteiger charge is -2.14. The monoisotopic (exact) mass is 354 g/mol. The molecule has 0 bridgehead atoms. The zero-order valence-electron chi connectivity index (χ0n) is 13.3. The molecule has 6 nitrogen and oxygen atoms in total. The summed E-state index contributed by atoms with van der Waals surface area (Å²) in [6.45, 7) is 0. The normalized spacial score (nSPS) is 11.5. The van der Waals surface area contributed by atoms with Crippen molar-refractivity contribution >= 4 is 27.6 Å². The molecule has 0 saturated heterocycles. The van der Waals surface area contributed by atoms with Crippen LogP contribution in [0.15, 0.2) is 46.3 Å². The largest absolute Gasteiger partial charge is 0.378 e. The fourth-order valence-electron chi connectivity index (χ4n) is 1.91. The quantitative estimate of drug-likeness (QED) is 0.449. The predicted molar refractivity (Wildman–Crippen MR) is 91.1 cm³/mol. The number of pyridine rings is 1. The second-order valence-corrected chi connectivity index (χ2v) is 7.87. The first kappa shape index (κ1) is 17.7. The van der Waals surface area contributed by atoms with E-state index in [2.05, 4.69) is 9.87 Å². The molecule has 1 aromatic carbocycles. The van der Waals surface area contributed by atoms with Crippen molar-refractivity contribution in [1.82, 2.24) is 4.98 Å². The topological polar surface area (TPSA) is 68.7 Å². The SMILES string of the molecule is COOSc1cc(-c2cc(N(C)C)ccn2)cc(S(C)(=O)=O)c1. The smallest absolute Gasteiger partial charge is 0.175 e. The van der Waals surface area contributed by atoms with Crippen LogP contribution in [-0.4, -0.2) is 40.9 Å². The van der Waals surface area contributed by atoms with Gasteiger partial charge in [-0.25, -0.2) is 13.3 Å². The second-order valence-electron chi connectivity index (χ2n) is 5.08. The highest BCUT2D eigenvalue weighted by Gasteiger charge is 2.13. The molecule has 0 aliphatic carbocycles. The van der Waals surface area contributed by atoms with Crippen molar-refractivity contribution in [1.29, 1.82) is 0 Å². The van der Waals surface area contributed by atoms with Crippen molar-refractivity contribution in [2.45, 2.75) is 9.79 Å². The minimum absolute atomic E-state index is 0.203. The van der Waals surface area contributed by atoms with E-state index in [4.69, 9.17) is 4.33 Å². The highest BCUT2D eigenvalue weighted by atomic mass is 32.2. The van der Waals surface area contributed by atoms with Crippen molar-refractivity contribution < 1.29 is 17.6 Å². The third-order valence-electron chi connectivity index (χ3n) is 3.06. The molecule has 124 valence electrons. The average Bonchev–Trinajstić information content (AvgIpc) is 2.52. The molecule has 2 aromatic rings. The van der Waals surface area contributed by atoms with Crippen molar-refractivity contribution in [3.63, 3.8) is 0 Å². The fraction of sp³-hybridized carbons (Fsp3) is 0.267. The van der Waals surface area contributed by atoms with E-state index in [1.807, 2.05) is 31.1 Å². The van der Waals surface area contributed by atoms with E-state index in [9.17, 15) is 8.42 Å². The van der Waals surface area contributed by atoms with E-state index in [1.54, 1.807) is 18.3 Å². The van der Waals surface area contributed by atoms with Gasteiger partial charge in [-0.3, -0.25) is 4.98 Å². The van der Waals surface area contributed by atoms with Gasteiger partial charge in [-0.1, -0.05) is 0 Å². The molecule has 0 amide bonds. The summed E-state index contributed by atoms with van der Waals surface area (Å²) in [7, 11) is 1.89. The van der Waals surface area contributed by atoms with Crippen LogP contribution in [0.2, 0.25) is 0 Å². The number of aromatic nitrogens is 1. The van der Waals surface area contributed by atoms with Gasteiger partial charge in [0.15, 0.2) is 9.84 Å². The van der Waals surface area contributed by atoms with Crippen LogP contribution >= 0.6 is 12.0 Å². The van der Waals surface area contributed by atoms with Crippen LogP contribution in [0.4, 0.5) is 5.69 Å². The Morgan fingerprint density at radius 2 is 1.91 bits per heavy atom. The number of hydrogen-bond donors (Lipinski definition) is 0. The van der Waals surface area contributed by atoms with Crippen LogP contribution in [0.3, 0.4) is 0 Å². The fourth-order valence-corrected chi connectivity index (χ4v) is 3.16. The Hall–Kier alpha value is -1.61. The van der Waals surface area contributed by atoms with Gasteiger partial charge in [-0.15, -0.1) is 0 Å². The zero-order chi connectivity index (χ0) is 17.0. The van der Waals surface area contributed by atoms with Crippen LogP contribution in [-0.2, 0) is 19.1 Å². The number of hydrogen-bond acceptors (Lipinski definition) is 7. The standard InChI is InChI=1S/C15H18N2O4S2/c1-17(2)12-5-6-16-15(9-12)11-7-13(22-21-20-3)10-14(8-11)23(4,18)19/h5-10H,1-4H3. The lowest BCUT2D eigenvalue weighted by molar-refractivity contribution is -0.160. The maximum atomic E-state index is 11.9. The molecule has 0 unspecified atom stereocenters. The van der Waals surface area contributed by atoms with Crippen molar-refractivity contribution in [2.24, 2.45) is 0 Å². The van der Waals surface area contributed by atoms with Gasteiger partial charge < -0.3 is 4.90 Å². The van der Waals surface area contributed by atoms with Gasteiger partial charge in [0.1, 0.15) is 0 Å². The van der Waals surface area contributed by atoms with Crippen LogP contribution in [0.25, 0.3) is 11.3 Å². The molecule has 1 aromatic heterocycles. The zero-order valence-corrected chi connectivity index (χ0v) is 14.9. The second kappa shape index (κ2) is 7.31. The van der Waals surface area contributed by atoms with Crippen molar-refractivity contribution in [3.8, 4) is 11.3 Å². The Labute approximate surface area is 140 Å². The minimum Gasteiger partial charge on any atom is -0.378 e. The van der Waals surface area contributed by atoms with Crippen molar-refractivity contribution in [3.05, 3.63) is 36.5 Å². The highest BCUT2D eigenvalue weighted by molar-refractivity contribution is 7.94. The summed E-state index contributed by atoms with van der Waals surface area (Å²) in [5.74, 6) is 0. The van der Waals surface area contributed by atoms with E-state index in [0.717, 1.165) is 17.7 Å². The Bertz CT molecular complexity index is 792. The van der Waals surface area contributed by atoms with Crippen LogP contribution in [0.1, 0.15) is 0 Å². The molecule has 0 saturated carbocycles. The predicted octanol–water partition coefficient (Wildman–Crippen LogP) is 2.80. The lowest BCUT2D eigenvalue weighted by atomic mass is 10.1. The number of nitrogens with zero attached hydrogens (tertiary/aromatic N) is 2. The van der Waals surface area contributed by atoms with Gasteiger partial charge in [0.25, 0.3) is 0 Å². The Morgan fingerprint density at radius 1 is 1.17 bits per heavy atom. The van der Waals surface area contributed by atoms with Gasteiger partial charge in [-0.2, -0.15) is 4.33 Å². The molecular formula is C15H18N2O4S2. The molecule has 0 aliphatic rings. The number of rotatable bonds is 6. The lowest BCUT2D eigenvalue weighted by Crippen LogP contribution is -2.08. The number of anilines is 1. The first-order valence-electron chi connectivity index (χ1n) is 6.67. The summed E-state index contributed by atoms with van der Waals surface area (Å²) < 4.78 is 28.6. The molecule has 0 N–H and O–H groups in total. The maximum absolute atomic E-state index is 11.9. The first-order chi connectivity index (χ1) is 10.8. The van der Waals surface area contributed by atoms with E-state index in [-0.39, 0.29) is 4.90 Å². The number of sulfone groups is 1. The van der Waals surface area contributed by atoms with Gasteiger partial charge in [0, 0.05) is 42.7 Å². The van der Waals surface area contributed by atoms with E-state index in [1.165, 1.54) is 19.4 Å². The Kier molecular flexibility index (Phi) is 5.64. The first-order valence-corrected chi connectivity index (χ1v) is 9.31.